The van der Waals surface area contributed by atoms with Crippen LogP contribution in [0.2, 0.25) is 0 Å². The molecule has 12 heteroatoms. The Bertz CT molecular complexity index is 1330. The van der Waals surface area contributed by atoms with Gasteiger partial charge in [-0.25, -0.2) is 4.98 Å². The zero-order valence-electron chi connectivity index (χ0n) is 20.9. The number of hydrogen-bond donors (Lipinski definition) is 0. The number of benzene rings is 1. The van der Waals surface area contributed by atoms with Crippen molar-refractivity contribution in [3.05, 3.63) is 57.7 Å². The van der Waals surface area contributed by atoms with E-state index in [9.17, 15) is 18.0 Å². The standard InChI is InChI=1S/C26H28F3N5O2S2/c1-17-12-21(26(27,28)29)31-34(17)13-23(35)32-9-6-18(7-10-32)24-30-22(14-38-24)33-15-25(36-16-33)8-11-37-20-5-3-2-4-19(20)25/h2-5,12,14,18H,6-11,13,15-16H2,1H3. The van der Waals surface area contributed by atoms with Crippen LogP contribution in [0.5, 0.6) is 0 Å². The SMILES string of the molecule is Cc1cc(C(F)(F)F)nn1CC(=O)N1CCC(c2nc(N3COC4(CCSc5ccccc54)C3)cs2)CC1. The summed E-state index contributed by atoms with van der Waals surface area (Å²) in [4.78, 5) is 23.0. The summed E-state index contributed by atoms with van der Waals surface area (Å²) in [5, 5.41) is 6.74. The Morgan fingerprint density at radius 1 is 1.24 bits per heavy atom. The number of likely N-dealkylation sites (tertiary alicyclic amines) is 1. The highest BCUT2D eigenvalue weighted by atomic mass is 32.2. The maximum atomic E-state index is 12.9. The molecule has 6 rings (SSSR count). The van der Waals surface area contributed by atoms with Crippen LogP contribution in [0.15, 0.2) is 40.6 Å². The monoisotopic (exact) mass is 563 g/mol. The second-order valence-corrected chi connectivity index (χ2v) is 12.1. The minimum absolute atomic E-state index is 0.188. The number of fused-ring (bicyclic) bond motifs is 2. The number of thioether (sulfide) groups is 1. The lowest BCUT2D eigenvalue weighted by molar-refractivity contribution is -0.142. The van der Waals surface area contributed by atoms with Gasteiger partial charge < -0.3 is 14.5 Å². The van der Waals surface area contributed by atoms with Crippen molar-refractivity contribution in [2.75, 3.05) is 37.0 Å². The first-order valence-corrected chi connectivity index (χ1v) is 14.5. The van der Waals surface area contributed by atoms with Crippen molar-refractivity contribution >= 4 is 34.8 Å². The topological polar surface area (TPSA) is 63.5 Å². The molecule has 1 atom stereocenters. The number of halogens is 3. The quantitative estimate of drug-likeness (QED) is 0.432. The van der Waals surface area contributed by atoms with Crippen LogP contribution in [0, 0.1) is 6.92 Å². The van der Waals surface area contributed by atoms with Gasteiger partial charge >= 0.3 is 6.18 Å². The maximum absolute atomic E-state index is 12.9. The van der Waals surface area contributed by atoms with Gasteiger partial charge in [-0.3, -0.25) is 9.48 Å². The number of amides is 1. The number of carbonyl (C=O) groups is 1. The predicted molar refractivity (Wildman–Crippen MR) is 139 cm³/mol. The smallest absolute Gasteiger partial charge is 0.348 e. The highest BCUT2D eigenvalue weighted by Gasteiger charge is 2.44. The number of nitrogens with zero attached hydrogens (tertiary/aromatic N) is 5. The Morgan fingerprint density at radius 3 is 2.79 bits per heavy atom. The number of alkyl halides is 3. The number of thiazole rings is 1. The minimum Gasteiger partial charge on any atom is -0.348 e. The summed E-state index contributed by atoms with van der Waals surface area (Å²) in [6.07, 6.45) is -2.00. The lowest BCUT2D eigenvalue weighted by Crippen LogP contribution is -2.40. The van der Waals surface area contributed by atoms with E-state index < -0.39 is 11.9 Å². The predicted octanol–water partition coefficient (Wildman–Crippen LogP) is 5.26. The first kappa shape index (κ1) is 25.7. The van der Waals surface area contributed by atoms with Crippen LogP contribution in [0.1, 0.15) is 47.1 Å². The number of ether oxygens (including phenoxy) is 1. The van der Waals surface area contributed by atoms with E-state index in [0.29, 0.717) is 25.5 Å². The van der Waals surface area contributed by atoms with Crippen LogP contribution in [-0.2, 0) is 27.9 Å². The van der Waals surface area contributed by atoms with Gasteiger partial charge in [0.1, 0.15) is 24.7 Å². The van der Waals surface area contributed by atoms with Crippen molar-refractivity contribution in [2.45, 2.75) is 55.3 Å². The molecule has 0 N–H and O–H groups in total. The molecule has 1 unspecified atom stereocenters. The number of aryl methyl sites for hydroxylation is 1. The van der Waals surface area contributed by atoms with Crippen molar-refractivity contribution < 1.29 is 22.7 Å². The Kier molecular flexibility index (Phi) is 6.68. The largest absolute Gasteiger partial charge is 0.435 e. The number of piperidine rings is 1. The molecule has 2 saturated heterocycles. The lowest BCUT2D eigenvalue weighted by Gasteiger charge is -2.33. The third-order valence-electron chi connectivity index (χ3n) is 7.67. The van der Waals surface area contributed by atoms with E-state index in [4.69, 9.17) is 9.72 Å². The summed E-state index contributed by atoms with van der Waals surface area (Å²) < 4.78 is 46.4. The van der Waals surface area contributed by atoms with Gasteiger partial charge in [0.05, 0.1) is 11.6 Å². The third-order valence-corrected chi connectivity index (χ3v) is 9.74. The van der Waals surface area contributed by atoms with Crippen LogP contribution in [-0.4, -0.2) is 57.7 Å². The van der Waals surface area contributed by atoms with Crippen molar-refractivity contribution in [2.24, 2.45) is 0 Å². The lowest BCUT2D eigenvalue weighted by atomic mass is 9.90. The average Bonchev–Trinajstić information content (AvgIpc) is 3.64. The highest BCUT2D eigenvalue weighted by Crippen LogP contribution is 2.46. The molecule has 0 saturated carbocycles. The molecule has 1 aromatic carbocycles. The van der Waals surface area contributed by atoms with E-state index in [2.05, 4.69) is 39.6 Å². The molecule has 1 spiro atoms. The molecule has 5 heterocycles. The molecule has 0 bridgehead atoms. The number of hydrogen-bond acceptors (Lipinski definition) is 7. The molecule has 3 aromatic rings. The summed E-state index contributed by atoms with van der Waals surface area (Å²) in [5.41, 5.74) is 0.331. The normalized spacial score (nSPS) is 22.3. The highest BCUT2D eigenvalue weighted by molar-refractivity contribution is 7.99. The maximum Gasteiger partial charge on any atom is 0.435 e. The van der Waals surface area contributed by atoms with Crippen LogP contribution in [0.4, 0.5) is 19.0 Å². The summed E-state index contributed by atoms with van der Waals surface area (Å²) in [5.74, 6) is 2.01. The fourth-order valence-electron chi connectivity index (χ4n) is 5.52. The minimum atomic E-state index is -4.52. The Labute approximate surface area is 227 Å². The number of aromatic nitrogens is 3. The molecule has 0 radical (unpaired) electrons. The van der Waals surface area contributed by atoms with Gasteiger partial charge in [0.2, 0.25) is 5.91 Å². The summed E-state index contributed by atoms with van der Waals surface area (Å²) in [6.45, 7) is 3.74. The molecule has 202 valence electrons. The molecule has 2 aromatic heterocycles. The second kappa shape index (κ2) is 9.87. The molecular formula is C26H28F3N5O2S2. The Hall–Kier alpha value is -2.57. The van der Waals surface area contributed by atoms with Gasteiger partial charge in [0, 0.05) is 40.7 Å². The van der Waals surface area contributed by atoms with Crippen molar-refractivity contribution in [3.8, 4) is 0 Å². The number of rotatable bonds is 4. The van der Waals surface area contributed by atoms with Gasteiger partial charge in [-0.1, -0.05) is 18.2 Å². The fourth-order valence-corrected chi connectivity index (χ4v) is 7.75. The van der Waals surface area contributed by atoms with E-state index in [-0.39, 0.29) is 24.0 Å². The molecular weight excluding hydrogens is 535 g/mol. The van der Waals surface area contributed by atoms with Crippen molar-refractivity contribution in [1.82, 2.24) is 19.7 Å². The summed E-state index contributed by atoms with van der Waals surface area (Å²) in [7, 11) is 0. The van der Waals surface area contributed by atoms with E-state index in [1.54, 1.807) is 16.2 Å². The molecule has 3 aliphatic rings. The van der Waals surface area contributed by atoms with Gasteiger partial charge in [-0.05, 0) is 43.9 Å². The van der Waals surface area contributed by atoms with E-state index >= 15 is 0 Å². The molecule has 0 aliphatic carbocycles. The zero-order valence-corrected chi connectivity index (χ0v) is 22.5. The van der Waals surface area contributed by atoms with Gasteiger partial charge in [-0.15, -0.1) is 23.1 Å². The number of anilines is 1. The van der Waals surface area contributed by atoms with Crippen LogP contribution >= 0.6 is 23.1 Å². The third kappa shape index (κ3) is 4.82. The van der Waals surface area contributed by atoms with Gasteiger partial charge in [0.15, 0.2) is 5.69 Å². The number of carbonyl (C=O) groups excluding carboxylic acids is 1. The average molecular weight is 564 g/mol. The Balaban J connectivity index is 1.06. The zero-order chi connectivity index (χ0) is 26.5. The Morgan fingerprint density at radius 2 is 2.03 bits per heavy atom. The molecule has 38 heavy (non-hydrogen) atoms. The van der Waals surface area contributed by atoms with Crippen LogP contribution < -0.4 is 4.90 Å². The van der Waals surface area contributed by atoms with Crippen LogP contribution in [0.25, 0.3) is 0 Å². The molecule has 1 amide bonds. The van der Waals surface area contributed by atoms with Crippen LogP contribution in [0.3, 0.4) is 0 Å². The van der Waals surface area contributed by atoms with E-state index in [1.807, 2.05) is 11.8 Å². The van der Waals surface area contributed by atoms with Crippen molar-refractivity contribution in [3.63, 3.8) is 0 Å². The molecule has 2 fully saturated rings. The first-order valence-electron chi connectivity index (χ1n) is 12.7. The summed E-state index contributed by atoms with van der Waals surface area (Å²) >= 11 is 3.53. The van der Waals surface area contributed by atoms with E-state index in [0.717, 1.165) is 53.1 Å². The summed E-state index contributed by atoms with van der Waals surface area (Å²) in [6, 6.07) is 9.47. The first-order chi connectivity index (χ1) is 18.2. The van der Waals surface area contributed by atoms with Gasteiger partial charge in [0.25, 0.3) is 0 Å². The molecule has 3 aliphatic heterocycles. The van der Waals surface area contributed by atoms with E-state index in [1.165, 1.54) is 17.4 Å². The molecule has 7 nitrogen and oxygen atoms in total. The van der Waals surface area contributed by atoms with Crippen molar-refractivity contribution in [1.29, 1.82) is 0 Å². The van der Waals surface area contributed by atoms with Gasteiger partial charge in [-0.2, -0.15) is 18.3 Å². The second-order valence-electron chi connectivity index (χ2n) is 10.1. The fraction of sp³-hybridized carbons (Fsp3) is 0.500.